The highest BCUT2D eigenvalue weighted by Crippen LogP contribution is 2.49. The van der Waals surface area contributed by atoms with Gasteiger partial charge < -0.3 is 5.73 Å². The number of aromatic nitrogens is 3. The van der Waals surface area contributed by atoms with E-state index in [0.29, 0.717) is 5.92 Å². The minimum absolute atomic E-state index is 0.655. The Morgan fingerprint density at radius 2 is 2.41 bits per heavy atom. The number of nitrogens with zero attached hydrogens (tertiary/aromatic N) is 3. The predicted molar refractivity (Wildman–Crippen MR) is 68.4 cm³/mol. The largest absolute Gasteiger partial charge is 0.330 e. The summed E-state index contributed by atoms with van der Waals surface area (Å²) in [5.74, 6) is 1.46. The van der Waals surface area contributed by atoms with Gasteiger partial charge in [0.05, 0.1) is 5.69 Å². The molecule has 0 spiro atoms. The number of hydrogen-bond acceptors (Lipinski definition) is 4. The summed E-state index contributed by atoms with van der Waals surface area (Å²) in [7, 11) is 0. The number of imidazole rings is 1. The molecule has 4 nitrogen and oxygen atoms in total. The smallest absolute Gasteiger partial charge is 0.194 e. The van der Waals surface area contributed by atoms with Crippen molar-refractivity contribution in [2.24, 2.45) is 11.7 Å². The summed E-state index contributed by atoms with van der Waals surface area (Å²) >= 11 is 1.63. The second kappa shape index (κ2) is 4.58. The van der Waals surface area contributed by atoms with Crippen LogP contribution in [0.3, 0.4) is 0 Å². The Labute approximate surface area is 105 Å². The molecule has 2 atom stereocenters. The van der Waals surface area contributed by atoms with Crippen molar-refractivity contribution in [2.75, 3.05) is 6.54 Å². The van der Waals surface area contributed by atoms with Gasteiger partial charge in [-0.05, 0) is 31.7 Å². The van der Waals surface area contributed by atoms with E-state index in [2.05, 4.69) is 16.2 Å². The monoisotopic (exact) mass is 248 g/mol. The number of thiazole rings is 1. The maximum Gasteiger partial charge on any atom is 0.194 e. The van der Waals surface area contributed by atoms with Crippen LogP contribution in [0.2, 0.25) is 0 Å². The van der Waals surface area contributed by atoms with Crippen LogP contribution in [0.4, 0.5) is 0 Å². The van der Waals surface area contributed by atoms with Gasteiger partial charge in [-0.15, -0.1) is 11.3 Å². The highest BCUT2D eigenvalue weighted by atomic mass is 32.1. The van der Waals surface area contributed by atoms with Crippen molar-refractivity contribution in [1.29, 1.82) is 0 Å². The molecule has 0 aromatic carbocycles. The summed E-state index contributed by atoms with van der Waals surface area (Å²) in [5.41, 5.74) is 6.74. The molecule has 1 aliphatic carbocycles. The fraction of sp³-hybridized carbons (Fsp3) is 0.500. The van der Waals surface area contributed by atoms with Crippen LogP contribution in [0.5, 0.6) is 0 Å². The van der Waals surface area contributed by atoms with Crippen molar-refractivity contribution >= 4 is 11.3 Å². The van der Waals surface area contributed by atoms with Gasteiger partial charge in [0.2, 0.25) is 0 Å². The van der Waals surface area contributed by atoms with Gasteiger partial charge in [0.15, 0.2) is 5.13 Å². The molecule has 2 aromatic heterocycles. The van der Waals surface area contributed by atoms with E-state index >= 15 is 0 Å². The molecular weight excluding hydrogens is 232 g/mol. The van der Waals surface area contributed by atoms with Crippen LogP contribution in [0.15, 0.2) is 24.1 Å². The second-order valence-electron chi connectivity index (χ2n) is 4.55. The van der Waals surface area contributed by atoms with Crippen LogP contribution in [0.1, 0.15) is 30.9 Å². The lowest BCUT2D eigenvalue weighted by Gasteiger charge is -1.95. The lowest BCUT2D eigenvalue weighted by Crippen LogP contribution is -1.98. The van der Waals surface area contributed by atoms with Gasteiger partial charge in [0, 0.05) is 23.7 Å². The van der Waals surface area contributed by atoms with E-state index in [9.17, 15) is 0 Å². The van der Waals surface area contributed by atoms with Crippen molar-refractivity contribution < 1.29 is 0 Å². The van der Waals surface area contributed by atoms with Gasteiger partial charge in [-0.25, -0.2) is 9.97 Å². The van der Waals surface area contributed by atoms with E-state index in [1.807, 2.05) is 22.5 Å². The molecule has 1 saturated carbocycles. The number of rotatable bonds is 5. The Kier molecular flexibility index (Phi) is 2.94. The molecule has 0 bridgehead atoms. The van der Waals surface area contributed by atoms with E-state index in [1.165, 1.54) is 18.5 Å². The summed E-state index contributed by atoms with van der Waals surface area (Å²) in [4.78, 5) is 8.76. The van der Waals surface area contributed by atoms with Gasteiger partial charge in [-0.2, -0.15) is 0 Å². The molecule has 1 fully saturated rings. The minimum atomic E-state index is 0.655. The van der Waals surface area contributed by atoms with E-state index < -0.39 is 0 Å². The topological polar surface area (TPSA) is 56.7 Å². The van der Waals surface area contributed by atoms with Crippen LogP contribution in [0.25, 0.3) is 5.13 Å². The predicted octanol–water partition coefficient (Wildman–Crippen LogP) is 2.17. The third-order valence-corrected chi connectivity index (χ3v) is 4.11. The summed E-state index contributed by atoms with van der Waals surface area (Å²) in [6.07, 6.45) is 9.45. The SMILES string of the molecule is NCCCC1CC1c1cn(-c2nccs2)cn1. The van der Waals surface area contributed by atoms with Crippen molar-refractivity contribution in [3.05, 3.63) is 29.8 Å². The van der Waals surface area contributed by atoms with Gasteiger partial charge in [0.25, 0.3) is 0 Å². The molecule has 1 aliphatic rings. The van der Waals surface area contributed by atoms with E-state index in [1.54, 1.807) is 11.3 Å². The first kappa shape index (κ1) is 10.9. The van der Waals surface area contributed by atoms with Gasteiger partial charge in [0.1, 0.15) is 6.33 Å². The zero-order valence-corrected chi connectivity index (χ0v) is 10.4. The highest BCUT2D eigenvalue weighted by Gasteiger charge is 2.39. The Morgan fingerprint density at radius 1 is 1.47 bits per heavy atom. The van der Waals surface area contributed by atoms with Crippen LogP contribution in [-0.2, 0) is 0 Å². The Bertz CT molecular complexity index is 476. The first-order valence-corrected chi connectivity index (χ1v) is 6.90. The second-order valence-corrected chi connectivity index (χ2v) is 5.43. The lowest BCUT2D eigenvalue weighted by molar-refractivity contribution is 0.655. The first-order valence-electron chi connectivity index (χ1n) is 6.02. The fourth-order valence-electron chi connectivity index (χ4n) is 2.29. The zero-order valence-electron chi connectivity index (χ0n) is 9.62. The van der Waals surface area contributed by atoms with E-state index in [0.717, 1.165) is 24.0 Å². The Hall–Kier alpha value is -1.20. The molecule has 0 amide bonds. The molecule has 17 heavy (non-hydrogen) atoms. The molecule has 2 unspecified atom stereocenters. The quantitative estimate of drug-likeness (QED) is 0.882. The highest BCUT2D eigenvalue weighted by molar-refractivity contribution is 7.12. The summed E-state index contributed by atoms with van der Waals surface area (Å²) in [6, 6.07) is 0. The van der Waals surface area contributed by atoms with Gasteiger partial charge in [-0.3, -0.25) is 4.57 Å². The molecule has 5 heteroatoms. The standard InChI is InChI=1S/C12H16N4S/c13-3-1-2-9-6-10(9)11-7-16(8-15-11)12-14-4-5-17-12/h4-5,7-10H,1-3,6,13H2. The van der Waals surface area contributed by atoms with Crippen LogP contribution >= 0.6 is 11.3 Å². The molecule has 3 rings (SSSR count). The number of hydrogen-bond donors (Lipinski definition) is 1. The third kappa shape index (κ3) is 2.25. The summed E-state index contributed by atoms with van der Waals surface area (Å²) < 4.78 is 2.01. The van der Waals surface area contributed by atoms with Crippen LogP contribution < -0.4 is 5.73 Å². The van der Waals surface area contributed by atoms with Crippen LogP contribution in [0, 0.1) is 5.92 Å². The van der Waals surface area contributed by atoms with Crippen molar-refractivity contribution in [1.82, 2.24) is 14.5 Å². The molecule has 0 radical (unpaired) electrons. The molecule has 0 aliphatic heterocycles. The van der Waals surface area contributed by atoms with Crippen LogP contribution in [-0.4, -0.2) is 21.1 Å². The zero-order chi connectivity index (χ0) is 11.7. The van der Waals surface area contributed by atoms with Gasteiger partial charge >= 0.3 is 0 Å². The maximum atomic E-state index is 5.53. The lowest BCUT2D eigenvalue weighted by atomic mass is 10.1. The van der Waals surface area contributed by atoms with Crippen molar-refractivity contribution in [2.45, 2.75) is 25.2 Å². The van der Waals surface area contributed by atoms with Gasteiger partial charge in [-0.1, -0.05) is 0 Å². The normalized spacial score (nSPS) is 22.9. The molecule has 2 heterocycles. The Balaban J connectivity index is 1.66. The maximum absolute atomic E-state index is 5.53. The number of nitrogens with two attached hydrogens (primary N) is 1. The molecule has 0 saturated heterocycles. The molecule has 2 N–H and O–H groups in total. The molecule has 2 aromatic rings. The van der Waals surface area contributed by atoms with E-state index in [4.69, 9.17) is 5.73 Å². The average molecular weight is 248 g/mol. The molecular formula is C12H16N4S. The third-order valence-electron chi connectivity index (χ3n) is 3.32. The fourth-order valence-corrected chi connectivity index (χ4v) is 2.87. The van der Waals surface area contributed by atoms with E-state index in [-0.39, 0.29) is 0 Å². The molecule has 90 valence electrons. The first-order chi connectivity index (χ1) is 8.38. The summed E-state index contributed by atoms with van der Waals surface area (Å²) in [6.45, 7) is 0.802. The summed E-state index contributed by atoms with van der Waals surface area (Å²) in [5, 5.41) is 2.97. The Morgan fingerprint density at radius 3 is 3.18 bits per heavy atom. The van der Waals surface area contributed by atoms with Crippen molar-refractivity contribution in [3.8, 4) is 5.13 Å². The minimum Gasteiger partial charge on any atom is -0.330 e. The average Bonchev–Trinajstić information content (AvgIpc) is 2.81. The van der Waals surface area contributed by atoms with Crippen molar-refractivity contribution in [3.63, 3.8) is 0 Å².